The molecule has 0 aromatic heterocycles. The molecule has 3 aromatic carbocycles. The van der Waals surface area contributed by atoms with Crippen molar-refractivity contribution in [1.82, 2.24) is 0 Å². The van der Waals surface area contributed by atoms with Gasteiger partial charge in [0, 0.05) is 11.3 Å². The topological polar surface area (TPSA) is 58.6 Å². The molecule has 0 spiro atoms. The molecule has 0 aliphatic heterocycles. The predicted octanol–water partition coefficient (Wildman–Crippen LogP) is 4.42. The highest BCUT2D eigenvalue weighted by atomic mass is 16.5. The fraction of sp³-hybridized carbons (Fsp3) is 0.136. The zero-order valence-corrected chi connectivity index (χ0v) is 14.6. The summed E-state index contributed by atoms with van der Waals surface area (Å²) >= 11 is 0. The van der Waals surface area contributed by atoms with Gasteiger partial charge < -0.3 is 15.2 Å². The number of para-hydroxylation sites is 1. The first-order valence-corrected chi connectivity index (χ1v) is 8.43. The van der Waals surface area contributed by atoms with Gasteiger partial charge in [0.15, 0.2) is 0 Å². The number of nitrogens with one attached hydrogen (secondary N) is 1. The maximum atomic E-state index is 12.3. The Kier molecular flexibility index (Phi) is 5.66. The second-order valence-corrected chi connectivity index (χ2v) is 5.96. The van der Waals surface area contributed by atoms with Gasteiger partial charge >= 0.3 is 0 Å². The van der Waals surface area contributed by atoms with E-state index in [1.807, 2.05) is 66.7 Å². The average Bonchev–Trinajstić information content (AvgIpc) is 2.68. The summed E-state index contributed by atoms with van der Waals surface area (Å²) in [5.74, 6) is 0.536. The normalized spacial score (nSPS) is 11.6. The molecule has 0 bridgehead atoms. The van der Waals surface area contributed by atoms with Gasteiger partial charge in [-0.1, -0.05) is 60.7 Å². The molecule has 3 rings (SSSR count). The second kappa shape index (κ2) is 8.32. The van der Waals surface area contributed by atoms with Gasteiger partial charge in [-0.3, -0.25) is 4.79 Å². The minimum atomic E-state index is -0.825. The van der Waals surface area contributed by atoms with Crippen molar-refractivity contribution in [3.63, 3.8) is 0 Å². The molecule has 3 aromatic rings. The standard InChI is InChI=1S/C22H21NO3/c1-26-21-13-6-5-12-19(21)17-10-7-11-18(14-17)23-22(25)15-20(24)16-8-3-2-4-9-16/h2-14,20,24H,15H2,1H3,(H,23,25). The SMILES string of the molecule is COc1ccccc1-c1cccc(NC(=O)CC(O)c2ccccc2)c1. The van der Waals surface area contributed by atoms with Crippen molar-refractivity contribution in [3.8, 4) is 16.9 Å². The Balaban J connectivity index is 1.71. The van der Waals surface area contributed by atoms with Crippen LogP contribution in [0.1, 0.15) is 18.1 Å². The molecule has 4 heteroatoms. The maximum Gasteiger partial charge on any atom is 0.227 e. The largest absolute Gasteiger partial charge is 0.496 e. The Hall–Kier alpha value is -3.11. The molecular weight excluding hydrogens is 326 g/mol. The third kappa shape index (κ3) is 4.29. The second-order valence-electron chi connectivity index (χ2n) is 5.96. The van der Waals surface area contributed by atoms with Crippen LogP contribution in [0.2, 0.25) is 0 Å². The summed E-state index contributed by atoms with van der Waals surface area (Å²) in [6, 6.07) is 24.5. The van der Waals surface area contributed by atoms with Crippen molar-refractivity contribution in [3.05, 3.63) is 84.4 Å². The Morgan fingerprint density at radius 3 is 2.50 bits per heavy atom. The van der Waals surface area contributed by atoms with Crippen molar-refractivity contribution >= 4 is 11.6 Å². The van der Waals surface area contributed by atoms with E-state index in [-0.39, 0.29) is 12.3 Å². The number of ether oxygens (including phenoxy) is 1. The maximum absolute atomic E-state index is 12.3. The molecular formula is C22H21NO3. The van der Waals surface area contributed by atoms with Crippen LogP contribution < -0.4 is 10.1 Å². The van der Waals surface area contributed by atoms with E-state index in [1.165, 1.54) is 0 Å². The van der Waals surface area contributed by atoms with Gasteiger partial charge in [-0.25, -0.2) is 0 Å². The number of aliphatic hydroxyl groups is 1. The number of hydrogen-bond donors (Lipinski definition) is 2. The predicted molar refractivity (Wildman–Crippen MR) is 103 cm³/mol. The van der Waals surface area contributed by atoms with Gasteiger partial charge in [0.05, 0.1) is 19.6 Å². The van der Waals surface area contributed by atoms with E-state index < -0.39 is 6.10 Å². The summed E-state index contributed by atoms with van der Waals surface area (Å²) in [7, 11) is 1.63. The van der Waals surface area contributed by atoms with Gasteiger partial charge in [0.1, 0.15) is 5.75 Å². The summed E-state index contributed by atoms with van der Waals surface area (Å²) in [5.41, 5.74) is 3.31. The van der Waals surface area contributed by atoms with Crippen LogP contribution in [0.5, 0.6) is 5.75 Å². The van der Waals surface area contributed by atoms with Crippen LogP contribution >= 0.6 is 0 Å². The molecule has 0 aliphatic carbocycles. The number of rotatable bonds is 6. The summed E-state index contributed by atoms with van der Waals surface area (Å²) in [6.45, 7) is 0. The number of carbonyl (C=O) groups excluding carboxylic acids is 1. The van der Waals surface area contributed by atoms with E-state index in [4.69, 9.17) is 4.74 Å². The van der Waals surface area contributed by atoms with E-state index in [0.29, 0.717) is 5.69 Å². The third-order valence-corrected chi connectivity index (χ3v) is 4.13. The van der Waals surface area contributed by atoms with E-state index in [1.54, 1.807) is 19.2 Å². The van der Waals surface area contributed by atoms with Crippen molar-refractivity contribution in [2.24, 2.45) is 0 Å². The Labute approximate surface area is 153 Å². The highest BCUT2D eigenvalue weighted by Gasteiger charge is 2.13. The lowest BCUT2D eigenvalue weighted by molar-refractivity contribution is -0.118. The van der Waals surface area contributed by atoms with Crippen molar-refractivity contribution < 1.29 is 14.6 Å². The van der Waals surface area contributed by atoms with E-state index in [9.17, 15) is 9.90 Å². The van der Waals surface area contributed by atoms with Crippen LogP contribution in [0.3, 0.4) is 0 Å². The lowest BCUT2D eigenvalue weighted by Gasteiger charge is -2.13. The smallest absolute Gasteiger partial charge is 0.227 e. The number of aliphatic hydroxyl groups excluding tert-OH is 1. The van der Waals surface area contributed by atoms with Crippen LogP contribution in [-0.2, 0) is 4.79 Å². The molecule has 1 unspecified atom stereocenters. The van der Waals surface area contributed by atoms with Crippen molar-refractivity contribution in [1.29, 1.82) is 0 Å². The zero-order chi connectivity index (χ0) is 18.4. The first-order chi connectivity index (χ1) is 12.7. The fourth-order valence-electron chi connectivity index (χ4n) is 2.83. The minimum absolute atomic E-state index is 0.00288. The van der Waals surface area contributed by atoms with Crippen LogP contribution in [0, 0.1) is 0 Å². The van der Waals surface area contributed by atoms with Crippen molar-refractivity contribution in [2.75, 3.05) is 12.4 Å². The molecule has 0 fully saturated rings. The molecule has 2 N–H and O–H groups in total. The summed E-state index contributed by atoms with van der Waals surface area (Å²) in [4.78, 5) is 12.3. The molecule has 0 heterocycles. The number of hydrogen-bond acceptors (Lipinski definition) is 3. The Bertz CT molecular complexity index is 877. The van der Waals surface area contributed by atoms with E-state index in [2.05, 4.69) is 5.32 Å². The Morgan fingerprint density at radius 2 is 1.73 bits per heavy atom. The van der Waals surface area contributed by atoms with Gasteiger partial charge in [0.2, 0.25) is 5.91 Å². The molecule has 0 radical (unpaired) electrons. The van der Waals surface area contributed by atoms with E-state index in [0.717, 1.165) is 22.4 Å². The summed E-state index contributed by atoms with van der Waals surface area (Å²) in [6.07, 6.45) is -0.822. The molecule has 132 valence electrons. The minimum Gasteiger partial charge on any atom is -0.496 e. The number of anilines is 1. The highest BCUT2D eigenvalue weighted by molar-refractivity contribution is 5.92. The van der Waals surface area contributed by atoms with Crippen molar-refractivity contribution in [2.45, 2.75) is 12.5 Å². The number of amides is 1. The third-order valence-electron chi connectivity index (χ3n) is 4.13. The number of benzene rings is 3. The van der Waals surface area contributed by atoms with Gasteiger partial charge in [-0.15, -0.1) is 0 Å². The quantitative estimate of drug-likeness (QED) is 0.694. The van der Waals surface area contributed by atoms with Gasteiger partial charge in [-0.2, -0.15) is 0 Å². The first kappa shape index (κ1) is 17.7. The number of carbonyl (C=O) groups is 1. The fourth-order valence-corrected chi connectivity index (χ4v) is 2.83. The Morgan fingerprint density at radius 1 is 1.00 bits per heavy atom. The lowest BCUT2D eigenvalue weighted by Crippen LogP contribution is -2.15. The molecule has 0 aliphatic rings. The van der Waals surface area contributed by atoms with Crippen LogP contribution in [0.4, 0.5) is 5.69 Å². The first-order valence-electron chi connectivity index (χ1n) is 8.43. The van der Waals surface area contributed by atoms with Gasteiger partial charge in [0.25, 0.3) is 0 Å². The van der Waals surface area contributed by atoms with Gasteiger partial charge in [-0.05, 0) is 29.3 Å². The van der Waals surface area contributed by atoms with E-state index >= 15 is 0 Å². The van der Waals surface area contributed by atoms with Crippen LogP contribution in [0.15, 0.2) is 78.9 Å². The molecule has 1 amide bonds. The molecule has 26 heavy (non-hydrogen) atoms. The summed E-state index contributed by atoms with van der Waals surface area (Å²) in [5, 5.41) is 13.0. The lowest BCUT2D eigenvalue weighted by atomic mass is 10.0. The van der Waals surface area contributed by atoms with Crippen LogP contribution in [0.25, 0.3) is 11.1 Å². The molecule has 0 saturated carbocycles. The molecule has 0 saturated heterocycles. The average molecular weight is 347 g/mol. The zero-order valence-electron chi connectivity index (χ0n) is 14.6. The number of methoxy groups -OCH3 is 1. The highest BCUT2D eigenvalue weighted by Crippen LogP contribution is 2.31. The monoisotopic (exact) mass is 347 g/mol. The summed E-state index contributed by atoms with van der Waals surface area (Å²) < 4.78 is 5.40. The molecule has 1 atom stereocenters. The molecule has 4 nitrogen and oxygen atoms in total. The van der Waals surface area contributed by atoms with Crippen LogP contribution in [-0.4, -0.2) is 18.1 Å².